The summed E-state index contributed by atoms with van der Waals surface area (Å²) in [6.07, 6.45) is 8.50. The number of thioether (sulfide) groups is 1. The molecule has 2 aromatic rings. The van der Waals surface area contributed by atoms with Gasteiger partial charge in [-0.05, 0) is 24.8 Å². The molecule has 0 saturated heterocycles. The van der Waals surface area contributed by atoms with Gasteiger partial charge in [-0.1, -0.05) is 35.5 Å². The maximum absolute atomic E-state index is 4.18. The van der Waals surface area contributed by atoms with Crippen LogP contribution in [0.1, 0.15) is 11.3 Å². The number of hydrogen-bond acceptors (Lipinski definition) is 1. The topological polar surface area (TPSA) is 4.93 Å². The number of fused-ring (bicyclic) bond motifs is 1. The van der Waals surface area contributed by atoms with Crippen molar-refractivity contribution in [3.63, 3.8) is 0 Å². The third kappa shape index (κ3) is 1.87. The van der Waals surface area contributed by atoms with Crippen molar-refractivity contribution in [1.82, 2.24) is 3.97 Å². The first-order chi connectivity index (χ1) is 7.66. The highest BCUT2D eigenvalue weighted by molar-refractivity contribution is 7.97. The SMILES string of the molecule is [CH2-][S+](C)n1c(C)c(CSC)c2ccccc21. The fourth-order valence-electron chi connectivity index (χ4n) is 2.13. The number of benzene rings is 1. The standard InChI is InChI=1S/C13H17NS2/c1-10-12(9-15-2)11-7-5-6-8-13(11)14(10)16(3)4/h5-8H,3,9H2,1-2,4H3. The fraction of sp³-hybridized carbons (Fsp3) is 0.308. The first-order valence-electron chi connectivity index (χ1n) is 5.20. The molecule has 0 saturated carbocycles. The van der Waals surface area contributed by atoms with Gasteiger partial charge >= 0.3 is 0 Å². The third-order valence-corrected chi connectivity index (χ3v) is 4.46. The summed E-state index contributed by atoms with van der Waals surface area (Å²) in [7, 11) is 0. The molecule has 16 heavy (non-hydrogen) atoms. The van der Waals surface area contributed by atoms with Crippen LogP contribution in [0, 0.1) is 13.2 Å². The van der Waals surface area contributed by atoms with Gasteiger partial charge in [0.25, 0.3) is 0 Å². The molecule has 1 heterocycles. The zero-order valence-electron chi connectivity index (χ0n) is 9.99. The van der Waals surface area contributed by atoms with Crippen LogP contribution in [0.5, 0.6) is 0 Å². The van der Waals surface area contributed by atoms with Crippen LogP contribution in [0.2, 0.25) is 0 Å². The average molecular weight is 251 g/mol. The molecule has 0 aliphatic rings. The minimum absolute atomic E-state index is 0.00956. The van der Waals surface area contributed by atoms with Gasteiger partial charge in [0.15, 0.2) is 0 Å². The molecule has 0 aliphatic carbocycles. The lowest BCUT2D eigenvalue weighted by atomic mass is 10.1. The molecule has 2 rings (SSSR count). The lowest BCUT2D eigenvalue weighted by Crippen LogP contribution is -2.08. The van der Waals surface area contributed by atoms with E-state index < -0.39 is 0 Å². The van der Waals surface area contributed by atoms with Crippen LogP contribution in [0.4, 0.5) is 0 Å². The highest BCUT2D eigenvalue weighted by Crippen LogP contribution is 2.29. The number of aromatic nitrogens is 1. The lowest BCUT2D eigenvalue weighted by Gasteiger charge is -2.08. The summed E-state index contributed by atoms with van der Waals surface area (Å²) in [6, 6.07) is 8.64. The van der Waals surface area contributed by atoms with E-state index in [9.17, 15) is 0 Å². The van der Waals surface area contributed by atoms with Crippen molar-refractivity contribution in [2.24, 2.45) is 0 Å². The predicted octanol–water partition coefficient (Wildman–Crippen LogP) is 3.62. The summed E-state index contributed by atoms with van der Waals surface area (Å²) in [6.45, 7) is 2.21. The maximum Gasteiger partial charge on any atom is 0.0947 e. The molecule has 0 bridgehead atoms. The Labute approximate surface area is 105 Å². The van der Waals surface area contributed by atoms with Gasteiger partial charge in [0.05, 0.1) is 17.5 Å². The molecule has 0 fully saturated rings. The van der Waals surface area contributed by atoms with Crippen LogP contribution >= 0.6 is 11.8 Å². The summed E-state index contributed by atoms with van der Waals surface area (Å²) in [5.41, 5.74) is 4.16. The maximum atomic E-state index is 4.18. The van der Waals surface area contributed by atoms with E-state index >= 15 is 0 Å². The van der Waals surface area contributed by atoms with Crippen molar-refractivity contribution >= 4 is 33.7 Å². The Morgan fingerprint density at radius 3 is 2.69 bits per heavy atom. The molecule has 1 unspecified atom stereocenters. The molecular formula is C13H17NS2. The minimum Gasteiger partial charge on any atom is -0.197 e. The zero-order valence-corrected chi connectivity index (χ0v) is 11.6. The van der Waals surface area contributed by atoms with Gasteiger partial charge in [0, 0.05) is 11.1 Å². The Kier molecular flexibility index (Phi) is 3.55. The van der Waals surface area contributed by atoms with E-state index in [0.29, 0.717) is 0 Å². The highest BCUT2D eigenvalue weighted by Gasteiger charge is 2.17. The smallest absolute Gasteiger partial charge is 0.0947 e. The molecule has 0 N–H and O–H groups in total. The molecule has 0 radical (unpaired) electrons. The second kappa shape index (κ2) is 4.76. The number of nitrogens with zero attached hydrogens (tertiary/aromatic N) is 1. The molecule has 1 nitrogen and oxygen atoms in total. The van der Waals surface area contributed by atoms with E-state index in [1.807, 2.05) is 11.8 Å². The Morgan fingerprint density at radius 1 is 1.38 bits per heavy atom. The van der Waals surface area contributed by atoms with Gasteiger partial charge in [0.2, 0.25) is 0 Å². The van der Waals surface area contributed by atoms with E-state index in [-0.39, 0.29) is 11.1 Å². The van der Waals surface area contributed by atoms with E-state index in [1.54, 1.807) is 0 Å². The molecule has 0 aliphatic heterocycles. The molecule has 0 amide bonds. The molecule has 0 spiro atoms. The largest absolute Gasteiger partial charge is 0.197 e. The van der Waals surface area contributed by atoms with Crippen molar-refractivity contribution in [3.05, 3.63) is 41.8 Å². The molecule has 1 atom stereocenters. The van der Waals surface area contributed by atoms with Crippen molar-refractivity contribution in [1.29, 1.82) is 0 Å². The first kappa shape index (κ1) is 11.9. The Balaban J connectivity index is 2.75. The van der Waals surface area contributed by atoms with Crippen molar-refractivity contribution in [2.45, 2.75) is 12.7 Å². The summed E-state index contributed by atoms with van der Waals surface area (Å²) < 4.78 is 2.36. The fourth-order valence-corrected chi connectivity index (χ4v) is 3.86. The molecule has 86 valence electrons. The number of rotatable bonds is 3. The zero-order chi connectivity index (χ0) is 11.7. The third-order valence-electron chi connectivity index (χ3n) is 2.79. The first-order valence-corrected chi connectivity index (χ1v) is 8.36. The summed E-state index contributed by atoms with van der Waals surface area (Å²) in [5.74, 6) is 1.08. The molecular weight excluding hydrogens is 234 g/mol. The van der Waals surface area contributed by atoms with Crippen LogP contribution in [0.15, 0.2) is 24.3 Å². The predicted molar refractivity (Wildman–Crippen MR) is 77.9 cm³/mol. The van der Waals surface area contributed by atoms with Crippen molar-refractivity contribution in [3.8, 4) is 0 Å². The molecule has 1 aromatic carbocycles. The van der Waals surface area contributed by atoms with E-state index in [2.05, 4.69) is 53.9 Å². The van der Waals surface area contributed by atoms with Gasteiger partial charge in [0.1, 0.15) is 0 Å². The van der Waals surface area contributed by atoms with Gasteiger partial charge in [-0.15, -0.1) is 0 Å². The van der Waals surface area contributed by atoms with E-state index in [4.69, 9.17) is 0 Å². The summed E-state index contributed by atoms with van der Waals surface area (Å²) >= 11 is 1.89. The van der Waals surface area contributed by atoms with Gasteiger partial charge in [-0.2, -0.15) is 15.7 Å². The summed E-state index contributed by atoms with van der Waals surface area (Å²) in [5, 5.41) is 1.39. The second-order valence-corrected chi connectivity index (χ2v) is 6.34. The number of hydrogen-bond donors (Lipinski definition) is 0. The van der Waals surface area contributed by atoms with Crippen LogP contribution in [0.25, 0.3) is 10.9 Å². The van der Waals surface area contributed by atoms with E-state index in [1.165, 1.54) is 22.2 Å². The Hall–Kier alpha value is -0.540. The van der Waals surface area contributed by atoms with Gasteiger partial charge in [-0.25, -0.2) is 0 Å². The second-order valence-electron chi connectivity index (χ2n) is 3.91. The van der Waals surface area contributed by atoms with Crippen LogP contribution in [0.3, 0.4) is 0 Å². The lowest BCUT2D eigenvalue weighted by molar-refractivity contribution is 1.17. The highest BCUT2D eigenvalue weighted by atomic mass is 32.2. The Morgan fingerprint density at radius 2 is 2.06 bits per heavy atom. The minimum atomic E-state index is 0.00956. The van der Waals surface area contributed by atoms with Crippen LogP contribution in [-0.4, -0.2) is 16.5 Å². The normalized spacial score (nSPS) is 13.2. The van der Waals surface area contributed by atoms with Crippen molar-refractivity contribution in [2.75, 3.05) is 12.5 Å². The van der Waals surface area contributed by atoms with Crippen molar-refractivity contribution < 1.29 is 0 Å². The molecule has 3 heteroatoms. The van der Waals surface area contributed by atoms with Gasteiger partial charge in [-0.3, -0.25) is 0 Å². The molecule has 1 aromatic heterocycles. The van der Waals surface area contributed by atoms with Crippen LogP contribution in [-0.2, 0) is 16.8 Å². The number of para-hydroxylation sites is 1. The quantitative estimate of drug-likeness (QED) is 0.596. The Bertz CT molecular complexity index is 500. The van der Waals surface area contributed by atoms with Crippen LogP contribution < -0.4 is 0 Å². The summed E-state index contributed by atoms with van der Waals surface area (Å²) in [4.78, 5) is 0. The van der Waals surface area contributed by atoms with E-state index in [0.717, 1.165) is 5.75 Å². The average Bonchev–Trinajstić information content (AvgIpc) is 2.53. The monoisotopic (exact) mass is 251 g/mol. The van der Waals surface area contributed by atoms with Gasteiger partial charge < -0.3 is 0 Å².